The molecule has 0 aliphatic carbocycles. The maximum atomic E-state index is 11.5. The second-order valence-electron chi connectivity index (χ2n) is 2.82. The lowest BCUT2D eigenvalue weighted by molar-refractivity contribution is -0.138. The van der Waals surface area contributed by atoms with Gasteiger partial charge in [0.25, 0.3) is 0 Å². The zero-order valence-corrected chi connectivity index (χ0v) is 8.47. The van der Waals surface area contributed by atoms with Crippen LogP contribution in [0.4, 0.5) is 0 Å². The molecule has 1 fully saturated rings. The van der Waals surface area contributed by atoms with Gasteiger partial charge in [0.05, 0.1) is 5.25 Å². The monoisotopic (exact) mass is 202 g/mol. The minimum atomic E-state index is -0.163. The molecular formula is C8H14N2O2S. The fourth-order valence-corrected chi connectivity index (χ4v) is 2.28. The Labute approximate surface area is 81.8 Å². The third kappa shape index (κ3) is 2.22. The van der Waals surface area contributed by atoms with Gasteiger partial charge in [-0.1, -0.05) is 6.92 Å². The molecule has 1 rings (SSSR count). The summed E-state index contributed by atoms with van der Waals surface area (Å²) in [6, 6.07) is 0. The van der Waals surface area contributed by atoms with Crippen molar-refractivity contribution in [3.05, 3.63) is 0 Å². The van der Waals surface area contributed by atoms with Crippen LogP contribution in [0.15, 0.2) is 0 Å². The standard InChI is InChI=1S/C8H14N2O2S/c1-2-13-6-5-7(11)10(4-3-9)8(6)12/h6H,2-5,9H2,1H3. The van der Waals surface area contributed by atoms with Gasteiger partial charge in [-0.3, -0.25) is 14.5 Å². The van der Waals surface area contributed by atoms with Crippen LogP contribution in [0.1, 0.15) is 13.3 Å². The minimum absolute atomic E-state index is 0.0673. The van der Waals surface area contributed by atoms with Gasteiger partial charge in [0.15, 0.2) is 0 Å². The maximum Gasteiger partial charge on any atom is 0.242 e. The number of nitrogens with zero attached hydrogens (tertiary/aromatic N) is 1. The Hall–Kier alpha value is -0.550. The first kappa shape index (κ1) is 10.5. The van der Waals surface area contributed by atoms with E-state index in [2.05, 4.69) is 0 Å². The number of rotatable bonds is 4. The molecule has 5 heteroatoms. The van der Waals surface area contributed by atoms with Gasteiger partial charge in [0.2, 0.25) is 11.8 Å². The van der Waals surface area contributed by atoms with E-state index in [-0.39, 0.29) is 17.1 Å². The van der Waals surface area contributed by atoms with E-state index in [9.17, 15) is 9.59 Å². The SMILES string of the molecule is CCSC1CC(=O)N(CCN)C1=O. The number of amides is 2. The first-order chi connectivity index (χ1) is 6.20. The van der Waals surface area contributed by atoms with Crippen LogP contribution >= 0.6 is 11.8 Å². The molecule has 0 aromatic carbocycles. The van der Waals surface area contributed by atoms with E-state index in [1.165, 1.54) is 16.7 Å². The number of likely N-dealkylation sites (tertiary alicyclic amines) is 1. The molecule has 0 bridgehead atoms. The number of hydrogen-bond donors (Lipinski definition) is 1. The summed E-state index contributed by atoms with van der Waals surface area (Å²) in [6.45, 7) is 2.69. The smallest absolute Gasteiger partial charge is 0.242 e. The molecule has 74 valence electrons. The van der Waals surface area contributed by atoms with Crippen molar-refractivity contribution in [2.75, 3.05) is 18.8 Å². The van der Waals surface area contributed by atoms with Crippen LogP contribution in [0.2, 0.25) is 0 Å². The van der Waals surface area contributed by atoms with Crippen LogP contribution in [0, 0.1) is 0 Å². The summed E-state index contributed by atoms with van der Waals surface area (Å²) in [5.74, 6) is 0.712. The zero-order valence-electron chi connectivity index (χ0n) is 7.66. The van der Waals surface area contributed by atoms with Crippen molar-refractivity contribution in [1.29, 1.82) is 0 Å². The van der Waals surface area contributed by atoms with Gasteiger partial charge in [0.1, 0.15) is 0 Å². The van der Waals surface area contributed by atoms with Crippen LogP contribution in [0.25, 0.3) is 0 Å². The highest BCUT2D eigenvalue weighted by atomic mass is 32.2. The van der Waals surface area contributed by atoms with E-state index in [4.69, 9.17) is 5.73 Å². The Kier molecular flexibility index (Phi) is 3.74. The summed E-state index contributed by atoms with van der Waals surface area (Å²) in [4.78, 5) is 24.1. The van der Waals surface area contributed by atoms with E-state index in [0.717, 1.165) is 5.75 Å². The van der Waals surface area contributed by atoms with E-state index < -0.39 is 0 Å². The third-order valence-electron chi connectivity index (χ3n) is 1.92. The van der Waals surface area contributed by atoms with Gasteiger partial charge in [0, 0.05) is 19.5 Å². The van der Waals surface area contributed by atoms with Crippen molar-refractivity contribution < 1.29 is 9.59 Å². The largest absolute Gasteiger partial charge is 0.329 e. The highest BCUT2D eigenvalue weighted by molar-refractivity contribution is 8.00. The van der Waals surface area contributed by atoms with Crippen LogP contribution in [0.3, 0.4) is 0 Å². The van der Waals surface area contributed by atoms with E-state index in [1.807, 2.05) is 6.92 Å². The fourth-order valence-electron chi connectivity index (χ4n) is 1.35. The quantitative estimate of drug-likeness (QED) is 0.643. The van der Waals surface area contributed by atoms with Gasteiger partial charge < -0.3 is 5.73 Å². The summed E-state index contributed by atoms with van der Waals surface area (Å²) >= 11 is 1.53. The van der Waals surface area contributed by atoms with E-state index >= 15 is 0 Å². The van der Waals surface area contributed by atoms with E-state index in [0.29, 0.717) is 19.5 Å². The van der Waals surface area contributed by atoms with Crippen LogP contribution in [0.5, 0.6) is 0 Å². The lowest BCUT2D eigenvalue weighted by Gasteiger charge is -2.12. The third-order valence-corrected chi connectivity index (χ3v) is 3.03. The number of carbonyl (C=O) groups is 2. The molecule has 1 unspecified atom stereocenters. The lowest BCUT2D eigenvalue weighted by Crippen LogP contribution is -2.35. The van der Waals surface area contributed by atoms with Crippen LogP contribution < -0.4 is 5.73 Å². The Morgan fingerprint density at radius 1 is 1.62 bits per heavy atom. The molecule has 1 saturated heterocycles. The average Bonchev–Trinajstić information content (AvgIpc) is 2.34. The maximum absolute atomic E-state index is 11.5. The fraction of sp³-hybridized carbons (Fsp3) is 0.750. The molecule has 0 saturated carbocycles. The molecule has 1 atom stereocenters. The van der Waals surface area contributed by atoms with Crippen molar-refractivity contribution >= 4 is 23.6 Å². The molecule has 1 heterocycles. The summed E-state index contributed by atoms with van der Waals surface area (Å²) in [5, 5.41) is -0.163. The summed E-state index contributed by atoms with van der Waals surface area (Å²) in [6.07, 6.45) is 0.345. The van der Waals surface area contributed by atoms with Crippen molar-refractivity contribution in [1.82, 2.24) is 4.90 Å². The van der Waals surface area contributed by atoms with Gasteiger partial charge in [-0.25, -0.2) is 0 Å². The summed E-state index contributed by atoms with van der Waals surface area (Å²) in [7, 11) is 0. The highest BCUT2D eigenvalue weighted by Crippen LogP contribution is 2.24. The minimum Gasteiger partial charge on any atom is -0.329 e. The Balaban J connectivity index is 2.58. The van der Waals surface area contributed by atoms with Crippen LogP contribution in [-0.4, -0.2) is 40.8 Å². The van der Waals surface area contributed by atoms with Gasteiger partial charge in [-0.05, 0) is 5.75 Å². The number of nitrogens with two attached hydrogens (primary N) is 1. The molecule has 2 amide bonds. The molecule has 0 radical (unpaired) electrons. The van der Waals surface area contributed by atoms with Crippen LogP contribution in [-0.2, 0) is 9.59 Å². The van der Waals surface area contributed by atoms with Crippen molar-refractivity contribution in [3.63, 3.8) is 0 Å². The summed E-state index contributed by atoms with van der Waals surface area (Å²) in [5.41, 5.74) is 5.30. The second kappa shape index (κ2) is 4.62. The van der Waals surface area contributed by atoms with Gasteiger partial charge in [-0.2, -0.15) is 0 Å². The van der Waals surface area contributed by atoms with Gasteiger partial charge in [-0.15, -0.1) is 11.8 Å². The molecule has 0 aromatic rings. The predicted octanol–water partition coefficient (Wildman–Crippen LogP) is -0.174. The molecule has 0 aromatic heterocycles. The molecule has 1 aliphatic heterocycles. The summed E-state index contributed by atoms with van der Waals surface area (Å²) < 4.78 is 0. The first-order valence-corrected chi connectivity index (χ1v) is 5.41. The van der Waals surface area contributed by atoms with E-state index in [1.54, 1.807) is 0 Å². The molecule has 2 N–H and O–H groups in total. The predicted molar refractivity (Wildman–Crippen MR) is 52.3 cm³/mol. The molecule has 0 spiro atoms. The normalized spacial score (nSPS) is 22.9. The second-order valence-corrected chi connectivity index (χ2v) is 4.30. The molecule has 1 aliphatic rings. The molecule has 13 heavy (non-hydrogen) atoms. The molecule has 4 nitrogen and oxygen atoms in total. The first-order valence-electron chi connectivity index (χ1n) is 4.36. The van der Waals surface area contributed by atoms with Crippen molar-refractivity contribution in [2.24, 2.45) is 5.73 Å². The number of imide groups is 1. The zero-order chi connectivity index (χ0) is 9.84. The number of carbonyl (C=O) groups excluding carboxylic acids is 2. The number of hydrogen-bond acceptors (Lipinski definition) is 4. The topological polar surface area (TPSA) is 63.4 Å². The highest BCUT2D eigenvalue weighted by Gasteiger charge is 2.37. The van der Waals surface area contributed by atoms with Gasteiger partial charge >= 0.3 is 0 Å². The van der Waals surface area contributed by atoms with Crippen molar-refractivity contribution in [3.8, 4) is 0 Å². The lowest BCUT2D eigenvalue weighted by atomic mass is 10.4. The Bertz CT molecular complexity index is 220. The Morgan fingerprint density at radius 3 is 2.85 bits per heavy atom. The van der Waals surface area contributed by atoms with Crippen molar-refractivity contribution in [2.45, 2.75) is 18.6 Å². The molecular weight excluding hydrogens is 188 g/mol. The average molecular weight is 202 g/mol. The Morgan fingerprint density at radius 2 is 2.31 bits per heavy atom. The number of thioether (sulfide) groups is 1.